The van der Waals surface area contributed by atoms with Gasteiger partial charge in [0.05, 0.1) is 0 Å². The molecule has 2 nitrogen and oxygen atoms in total. The van der Waals surface area contributed by atoms with Crippen LogP contribution in [-0.4, -0.2) is 6.54 Å². The predicted octanol–water partition coefficient (Wildman–Crippen LogP) is 5.66. The Labute approximate surface area is 162 Å². The van der Waals surface area contributed by atoms with E-state index in [0.717, 1.165) is 13.1 Å². The molecule has 3 aromatic rings. The molecule has 0 radical (unpaired) electrons. The average Bonchev–Trinajstić information content (AvgIpc) is 2.67. The number of aryl methyl sites for hydroxylation is 3. The molecule has 27 heavy (non-hydrogen) atoms. The molecule has 2 heteroatoms. The quantitative estimate of drug-likeness (QED) is 0.550. The fraction of sp³-hybridized carbons (Fsp3) is 0.240. The molecule has 1 aliphatic heterocycles. The summed E-state index contributed by atoms with van der Waals surface area (Å²) in [5, 5.41) is 1.30. The SMILES string of the molecule is CCN1/C(=C/c2ccc3cc(C)ccc3[n+]2CC)C=Cc2ccc(C)cc21. The first-order valence-electron chi connectivity index (χ1n) is 9.82. The number of hydrogen-bond acceptors (Lipinski definition) is 1. The summed E-state index contributed by atoms with van der Waals surface area (Å²) in [6.45, 7) is 10.6. The van der Waals surface area contributed by atoms with Gasteiger partial charge in [0, 0.05) is 41.5 Å². The molecule has 0 spiro atoms. The van der Waals surface area contributed by atoms with E-state index in [9.17, 15) is 0 Å². The van der Waals surface area contributed by atoms with Crippen LogP contribution >= 0.6 is 0 Å². The molecule has 0 atom stereocenters. The van der Waals surface area contributed by atoms with Crippen LogP contribution in [0.5, 0.6) is 0 Å². The normalized spacial score (nSPS) is 14.8. The molecule has 0 aliphatic carbocycles. The van der Waals surface area contributed by atoms with Gasteiger partial charge in [-0.1, -0.05) is 29.8 Å². The number of fused-ring (bicyclic) bond motifs is 2. The third kappa shape index (κ3) is 3.16. The van der Waals surface area contributed by atoms with Crippen molar-refractivity contribution in [1.29, 1.82) is 0 Å². The van der Waals surface area contributed by atoms with Crippen molar-refractivity contribution in [2.45, 2.75) is 34.2 Å². The highest BCUT2D eigenvalue weighted by molar-refractivity contribution is 5.81. The van der Waals surface area contributed by atoms with Gasteiger partial charge >= 0.3 is 0 Å². The van der Waals surface area contributed by atoms with Crippen LogP contribution in [0.2, 0.25) is 0 Å². The van der Waals surface area contributed by atoms with Gasteiger partial charge in [-0.05, 0) is 63.1 Å². The van der Waals surface area contributed by atoms with Crippen LogP contribution in [0, 0.1) is 13.8 Å². The molecule has 2 heterocycles. The van der Waals surface area contributed by atoms with E-state index in [1.54, 1.807) is 0 Å². The van der Waals surface area contributed by atoms with Crippen molar-refractivity contribution < 1.29 is 4.57 Å². The zero-order valence-electron chi connectivity index (χ0n) is 16.7. The molecule has 0 unspecified atom stereocenters. The summed E-state index contributed by atoms with van der Waals surface area (Å²) < 4.78 is 2.40. The smallest absolute Gasteiger partial charge is 0.212 e. The Morgan fingerprint density at radius 2 is 1.67 bits per heavy atom. The first kappa shape index (κ1) is 17.5. The summed E-state index contributed by atoms with van der Waals surface area (Å²) in [7, 11) is 0. The number of rotatable bonds is 3. The topological polar surface area (TPSA) is 7.12 Å². The molecule has 1 aromatic heterocycles. The van der Waals surface area contributed by atoms with E-state index in [2.05, 4.69) is 104 Å². The Kier molecular flexibility index (Phi) is 4.57. The van der Waals surface area contributed by atoms with Crippen LogP contribution in [0.4, 0.5) is 5.69 Å². The first-order valence-corrected chi connectivity index (χ1v) is 9.82. The van der Waals surface area contributed by atoms with Crippen LogP contribution in [0.1, 0.15) is 36.2 Å². The molecule has 0 bridgehead atoms. The van der Waals surface area contributed by atoms with E-state index in [1.807, 2.05) is 0 Å². The van der Waals surface area contributed by atoms with Gasteiger partial charge in [0.25, 0.3) is 0 Å². The van der Waals surface area contributed by atoms with Crippen molar-refractivity contribution in [3.8, 4) is 0 Å². The van der Waals surface area contributed by atoms with Crippen molar-refractivity contribution in [3.63, 3.8) is 0 Å². The summed E-state index contributed by atoms with van der Waals surface area (Å²) in [6, 6.07) is 17.9. The van der Waals surface area contributed by atoms with Gasteiger partial charge in [-0.15, -0.1) is 0 Å². The van der Waals surface area contributed by atoms with E-state index < -0.39 is 0 Å². The summed E-state index contributed by atoms with van der Waals surface area (Å²) >= 11 is 0. The maximum absolute atomic E-state index is 2.40. The van der Waals surface area contributed by atoms with E-state index in [0.29, 0.717) is 0 Å². The summed E-state index contributed by atoms with van der Waals surface area (Å²) in [5.41, 5.74) is 8.95. The Bertz CT molecular complexity index is 1070. The molecule has 4 rings (SSSR count). The van der Waals surface area contributed by atoms with Crippen molar-refractivity contribution in [3.05, 3.63) is 82.7 Å². The number of nitrogens with zero attached hydrogens (tertiary/aromatic N) is 2. The molecule has 1 aliphatic rings. The Morgan fingerprint density at radius 1 is 0.889 bits per heavy atom. The van der Waals surface area contributed by atoms with Crippen LogP contribution in [0.25, 0.3) is 23.1 Å². The van der Waals surface area contributed by atoms with Gasteiger partial charge < -0.3 is 4.90 Å². The van der Waals surface area contributed by atoms with E-state index >= 15 is 0 Å². The van der Waals surface area contributed by atoms with Crippen molar-refractivity contribution in [2.24, 2.45) is 0 Å². The van der Waals surface area contributed by atoms with E-state index in [4.69, 9.17) is 0 Å². The van der Waals surface area contributed by atoms with Crippen molar-refractivity contribution in [1.82, 2.24) is 0 Å². The number of hydrogen-bond donors (Lipinski definition) is 0. The number of allylic oxidation sites excluding steroid dienone is 1. The zero-order chi connectivity index (χ0) is 19.0. The molecular formula is C25H27N2+. The molecular weight excluding hydrogens is 328 g/mol. The molecule has 0 amide bonds. The summed E-state index contributed by atoms with van der Waals surface area (Å²) in [4.78, 5) is 2.40. The molecule has 0 saturated carbocycles. The number of benzene rings is 2. The summed E-state index contributed by atoms with van der Waals surface area (Å²) in [6.07, 6.45) is 6.78. The lowest BCUT2D eigenvalue weighted by Crippen LogP contribution is -2.37. The van der Waals surface area contributed by atoms with Gasteiger partial charge in [-0.3, -0.25) is 0 Å². The highest BCUT2D eigenvalue weighted by atomic mass is 15.1. The van der Waals surface area contributed by atoms with Crippen molar-refractivity contribution >= 4 is 28.7 Å². The molecule has 0 fully saturated rings. The number of likely N-dealkylation sites (N-methyl/N-ethyl adjacent to an activating group) is 1. The number of anilines is 1. The average molecular weight is 356 g/mol. The first-order chi connectivity index (χ1) is 13.1. The third-order valence-corrected chi connectivity index (χ3v) is 5.37. The van der Waals surface area contributed by atoms with Crippen LogP contribution in [-0.2, 0) is 6.54 Å². The minimum atomic E-state index is 0.949. The largest absolute Gasteiger partial charge is 0.341 e. The highest BCUT2D eigenvalue weighted by Crippen LogP contribution is 2.32. The fourth-order valence-corrected chi connectivity index (χ4v) is 4.00. The Hall–Kier alpha value is -2.87. The predicted molar refractivity (Wildman–Crippen MR) is 116 cm³/mol. The highest BCUT2D eigenvalue weighted by Gasteiger charge is 2.19. The zero-order valence-corrected chi connectivity index (χ0v) is 16.7. The van der Waals surface area contributed by atoms with Crippen LogP contribution in [0.3, 0.4) is 0 Å². The van der Waals surface area contributed by atoms with Gasteiger partial charge in [-0.2, -0.15) is 4.57 Å². The van der Waals surface area contributed by atoms with Crippen LogP contribution in [0.15, 0.2) is 60.3 Å². The molecule has 2 aromatic carbocycles. The van der Waals surface area contributed by atoms with Gasteiger partial charge in [0.15, 0.2) is 0 Å². The van der Waals surface area contributed by atoms with Gasteiger partial charge in [0.2, 0.25) is 11.2 Å². The monoisotopic (exact) mass is 355 g/mol. The lowest BCUT2D eigenvalue weighted by molar-refractivity contribution is -0.669. The van der Waals surface area contributed by atoms with Gasteiger partial charge in [0.1, 0.15) is 6.54 Å². The van der Waals surface area contributed by atoms with Crippen molar-refractivity contribution in [2.75, 3.05) is 11.4 Å². The Balaban J connectivity index is 1.85. The standard InChI is InChI=1S/C25H27N2/c1-5-26-22(13-11-21-15-18(3)8-14-24(21)26)17-23-12-10-20-9-7-19(4)16-25(20)27(23)6-2/h7-17H,5-6H2,1-4H3/q+1. The lowest BCUT2D eigenvalue weighted by Gasteiger charge is -2.29. The minimum Gasteiger partial charge on any atom is -0.341 e. The number of aromatic nitrogens is 1. The van der Waals surface area contributed by atoms with Crippen LogP contribution < -0.4 is 9.47 Å². The maximum atomic E-state index is 2.40. The maximum Gasteiger partial charge on any atom is 0.212 e. The van der Waals surface area contributed by atoms with Gasteiger partial charge in [-0.25, -0.2) is 0 Å². The Morgan fingerprint density at radius 3 is 2.44 bits per heavy atom. The number of pyridine rings is 1. The molecule has 136 valence electrons. The fourth-order valence-electron chi connectivity index (χ4n) is 4.00. The molecule has 0 saturated heterocycles. The second kappa shape index (κ2) is 7.03. The van der Waals surface area contributed by atoms with E-state index in [-0.39, 0.29) is 0 Å². The molecule has 0 N–H and O–H groups in total. The second-order valence-corrected chi connectivity index (χ2v) is 7.27. The van der Waals surface area contributed by atoms with E-state index in [1.165, 1.54) is 44.7 Å². The second-order valence-electron chi connectivity index (χ2n) is 7.27. The third-order valence-electron chi connectivity index (χ3n) is 5.37. The summed E-state index contributed by atoms with van der Waals surface area (Å²) in [5.74, 6) is 0. The minimum absolute atomic E-state index is 0.949. The lowest BCUT2D eigenvalue weighted by atomic mass is 10.0.